The summed E-state index contributed by atoms with van der Waals surface area (Å²) in [7, 11) is 11.8. The minimum Gasteiger partial charge on any atom is -0.497 e. The largest absolute Gasteiger partial charge is 0.497 e. The zero-order valence-electron chi connectivity index (χ0n) is 83.9. The lowest BCUT2D eigenvalue weighted by molar-refractivity contribution is -0.109. The normalized spacial score (nSPS) is 10.6. The molecule has 9 heterocycles. The van der Waals surface area contributed by atoms with E-state index in [0.717, 1.165) is 206 Å². The number of nitrogens with zero attached hydrogens (tertiary/aromatic N) is 12. The van der Waals surface area contributed by atoms with Crippen LogP contribution in [0.3, 0.4) is 0 Å². The molecule has 20 rings (SSSR count). The van der Waals surface area contributed by atoms with Crippen molar-refractivity contribution < 1.29 is 56.3 Å². The first kappa shape index (κ1) is 103. The number of ether oxygens (including phenoxy) is 8. The number of para-hydroxylation sites is 1. The first-order valence-electron chi connectivity index (χ1n) is 47.9. The van der Waals surface area contributed by atoms with Gasteiger partial charge in [0.1, 0.15) is 113 Å². The van der Waals surface area contributed by atoms with E-state index in [1.807, 2.05) is 251 Å². The van der Waals surface area contributed by atoms with Gasteiger partial charge in [-0.25, -0.2) is 4.79 Å². The second-order valence-electron chi connectivity index (χ2n) is 33.3. The van der Waals surface area contributed by atoms with Crippen LogP contribution < -0.4 is 53.8 Å². The van der Waals surface area contributed by atoms with Crippen LogP contribution in [-0.4, -0.2) is 115 Å². The van der Waals surface area contributed by atoms with Crippen LogP contribution in [0.1, 0.15) is 74.9 Å². The number of methoxy groups -OCH3 is 6. The van der Waals surface area contributed by atoms with Crippen LogP contribution in [0, 0.1) is 68.0 Å². The number of rotatable bonds is 28. The highest BCUT2D eigenvalue weighted by Crippen LogP contribution is 2.44. The highest BCUT2D eigenvalue weighted by Gasteiger charge is 2.27. The van der Waals surface area contributed by atoms with Gasteiger partial charge in [-0.15, -0.1) is 0 Å². The number of benzene rings is 11. The van der Waals surface area contributed by atoms with Crippen molar-refractivity contribution in [1.82, 2.24) is 43.4 Å². The fraction of sp³-hybridized carbons (Fsp3) is 0.193. The van der Waals surface area contributed by atoms with E-state index in [1.54, 1.807) is 60.3 Å². The van der Waals surface area contributed by atoms with Crippen molar-refractivity contribution in [1.29, 1.82) is 31.6 Å². The molecule has 11 aromatic carbocycles. The predicted molar refractivity (Wildman–Crippen MR) is 579 cm³/mol. The molecule has 20 aromatic rings. The molecule has 0 saturated carbocycles. The van der Waals surface area contributed by atoms with E-state index in [-0.39, 0.29) is 6.03 Å². The number of amides is 3. The van der Waals surface area contributed by atoms with Gasteiger partial charge in [0.25, 0.3) is 0 Å². The van der Waals surface area contributed by atoms with E-state index in [0.29, 0.717) is 90.1 Å². The maximum Gasteiger partial charge on any atom is 0.314 e. The van der Waals surface area contributed by atoms with Crippen molar-refractivity contribution in [2.45, 2.75) is 74.3 Å². The van der Waals surface area contributed by atoms with E-state index in [9.17, 15) is 41.2 Å². The van der Waals surface area contributed by atoms with E-state index in [1.165, 1.54) is 11.1 Å². The topological polar surface area (TPSA) is 343 Å². The summed E-state index contributed by atoms with van der Waals surface area (Å²) in [5, 5.41) is 76.8. The monoisotopic (exact) mass is 1970 g/mol. The third-order valence-electron chi connectivity index (χ3n) is 25.3. The minimum atomic E-state index is -0.204. The molecule has 738 valence electrons. The number of nitriles is 6. The molecule has 0 spiro atoms. The Morgan fingerprint density at radius 2 is 0.687 bits per heavy atom. The van der Waals surface area contributed by atoms with Gasteiger partial charge in [-0.2, -0.15) is 42.9 Å². The summed E-state index contributed by atoms with van der Waals surface area (Å²) in [5.74, 6) is 7.51. The Kier molecular flexibility index (Phi) is 33.6. The molecule has 0 unspecified atom stereocenters. The van der Waals surface area contributed by atoms with Crippen molar-refractivity contribution >= 4 is 100 Å². The van der Waals surface area contributed by atoms with Crippen molar-refractivity contribution in [2.24, 2.45) is 7.05 Å². The van der Waals surface area contributed by atoms with Gasteiger partial charge >= 0.3 is 6.03 Å². The molecule has 0 bridgehead atoms. The summed E-state index contributed by atoms with van der Waals surface area (Å²) in [6, 6.07) is 98.3. The number of furan rings is 2. The number of hydrogen-bond donors (Lipinski definition) is 3. The van der Waals surface area contributed by atoms with Crippen LogP contribution >= 0.6 is 11.3 Å². The van der Waals surface area contributed by atoms with Gasteiger partial charge in [0.2, 0.25) is 6.41 Å². The molecule has 0 saturated heterocycles. The summed E-state index contributed by atoms with van der Waals surface area (Å²) >= 11 is 1.63. The van der Waals surface area contributed by atoms with Crippen LogP contribution in [0.5, 0.6) is 46.0 Å². The molecule has 28 heteroatoms. The average molecular weight is 1970 g/mol. The van der Waals surface area contributed by atoms with Crippen molar-refractivity contribution in [3.05, 3.63) is 311 Å². The molecule has 0 fully saturated rings. The maximum absolute atomic E-state index is 11.4. The summed E-state index contributed by atoms with van der Waals surface area (Å²) in [6.45, 7) is 18.1. The minimum absolute atomic E-state index is 0.204. The Morgan fingerprint density at radius 3 is 1.05 bits per heavy atom. The van der Waals surface area contributed by atoms with Crippen LogP contribution in [0.2, 0.25) is 0 Å². The lowest BCUT2D eigenvalue weighted by Crippen LogP contribution is -2.37. The van der Waals surface area contributed by atoms with E-state index in [4.69, 9.17) is 46.7 Å². The number of fused-ring (bicyclic) bond motifs is 7. The number of nitrogens with one attached hydrogen (secondary N) is 3. The van der Waals surface area contributed by atoms with Gasteiger partial charge in [-0.05, 0) is 226 Å². The summed E-state index contributed by atoms with van der Waals surface area (Å²) < 4.78 is 67.4. The molecular formula is C119H109N15O12S. The lowest BCUT2D eigenvalue weighted by atomic mass is 10.0. The zero-order chi connectivity index (χ0) is 104. The molecule has 27 nitrogen and oxygen atoms in total. The SMILES string of the molecule is CCNC(=O)NCCOc1ccc(-c2c(C#N)c3ccc(OC)cc3n2CC)cc1.CCn1c(-c2cc3ccccc3o2)c(C#N)c2ccc(OC)cc21.CCn1c(-c2ccc(-c3ccccc3)cc2)c(C#N)c2ccc(OC)cc21.CCn1c(-c2ccc(OCCNC=O)cc2)c(C#N)c2ccc(OC)cc21.CCn1c(-c2ccco2)c(C#N)c2ccc(OC)cc21.COc1ccc2c(C#N)c(-c3ccsc3)n(C)c2c1. The molecule has 3 N–H and O–H groups in total. The Hall–Kier alpha value is -18.7. The summed E-state index contributed by atoms with van der Waals surface area (Å²) in [5.41, 5.74) is 22.5. The van der Waals surface area contributed by atoms with Gasteiger partial charge in [-0.1, -0.05) is 72.8 Å². The van der Waals surface area contributed by atoms with E-state index in [2.05, 4.69) is 149 Å². The van der Waals surface area contributed by atoms with E-state index < -0.39 is 0 Å². The highest BCUT2D eigenvalue weighted by molar-refractivity contribution is 7.08. The number of thiophene rings is 1. The second-order valence-corrected chi connectivity index (χ2v) is 34.1. The number of urea groups is 1. The molecular weight excluding hydrogens is 1860 g/mol. The third-order valence-corrected chi connectivity index (χ3v) is 26.0. The third kappa shape index (κ3) is 21.6. The number of aryl methyl sites for hydroxylation is 6. The number of hydrogen-bond acceptors (Lipinski definition) is 19. The Morgan fingerprint density at radius 1 is 0.347 bits per heavy atom. The predicted octanol–water partition coefficient (Wildman–Crippen LogP) is 25.7. The number of carbonyl (C=O) groups is 2. The van der Waals surface area contributed by atoms with Crippen LogP contribution in [0.25, 0.3) is 155 Å². The molecule has 9 aromatic heterocycles. The van der Waals surface area contributed by atoms with Gasteiger partial charge in [0.05, 0.1) is 151 Å². The van der Waals surface area contributed by atoms with Gasteiger partial charge in [-0.3, -0.25) is 4.79 Å². The molecule has 0 aliphatic carbocycles. The fourth-order valence-electron chi connectivity index (χ4n) is 18.5. The van der Waals surface area contributed by atoms with Crippen LogP contribution in [0.15, 0.2) is 287 Å². The van der Waals surface area contributed by atoms with Crippen LogP contribution in [0.4, 0.5) is 4.79 Å². The first-order valence-corrected chi connectivity index (χ1v) is 48.8. The van der Waals surface area contributed by atoms with Crippen molar-refractivity contribution in [2.75, 3.05) is 75.5 Å². The second kappa shape index (κ2) is 48.2. The highest BCUT2D eigenvalue weighted by atomic mass is 32.1. The van der Waals surface area contributed by atoms with E-state index >= 15 is 0 Å². The van der Waals surface area contributed by atoms with Crippen LogP contribution in [-0.2, 0) is 44.6 Å². The van der Waals surface area contributed by atoms with Gasteiger partial charge in [0, 0.05) is 131 Å². The van der Waals surface area contributed by atoms with Crippen molar-refractivity contribution in [3.8, 4) is 161 Å². The molecule has 0 radical (unpaired) electrons. The Bertz CT molecular complexity index is 8340. The summed E-state index contributed by atoms with van der Waals surface area (Å²) in [6.07, 6.45) is 2.27. The van der Waals surface area contributed by atoms with Gasteiger partial charge in [0.15, 0.2) is 11.5 Å². The smallest absolute Gasteiger partial charge is 0.314 e. The molecule has 3 amide bonds. The fourth-order valence-corrected chi connectivity index (χ4v) is 19.2. The molecule has 0 atom stereocenters. The Balaban J connectivity index is 0.000000133. The molecule has 0 aliphatic heterocycles. The molecule has 0 aliphatic rings. The summed E-state index contributed by atoms with van der Waals surface area (Å²) in [4.78, 5) is 21.6. The Labute approximate surface area is 855 Å². The molecule has 147 heavy (non-hydrogen) atoms. The van der Waals surface area contributed by atoms with Gasteiger partial charge < -0.3 is 90.1 Å². The first-order chi connectivity index (χ1) is 71.9. The standard InChI is InChI=1S/C24H20N2O.C23H26N4O3.C21H21N3O3.C20H16N2O2.C16H14N2O2.C15H12N2OS/c1-3-26-23-15-20(27-2)13-14-21(23)22(16-25)24(26)19-11-9-18(10-12-19)17-7-5-4-6-8-17;1-4-25-23(28)26-12-13-30-17-8-6-16(7-9-17)22-20(15-24)19-11-10-18(29-3)14-21(19)27(22)5-2;1-3-24-20-12-17(26-2)8-9-18(20)19(13-22)21(24)15-4-6-16(7-5-15)27-11-10-23-14-25;1-3-22-17-11-14(23-2)8-9-15(17)16(12-21)20(22)19-10-13-6-4-5-7-18(13)24-19;1-3-18-14-9-11(19-2)6-7-12(14)13(10-17)16(18)15-5-4-8-20-15;1-17-14-7-11(18-2)3-4-12(14)13(8-16)15(17)10-5-6-19-9-10/h4-15H,3H2,1-2H3;6-11,14H,4-5,12-13H2,1-3H3,(H2,25,26,28);4-9,12,14H,3,10-11H2,1-2H3,(H,23,25);4-11H,3H2,1-2H3;4-9H,3H2,1-2H3;3-7,9H,1-2H3. The number of aromatic nitrogens is 6. The maximum atomic E-state index is 11.4. The lowest BCUT2D eigenvalue weighted by Gasteiger charge is -2.11. The number of carbonyl (C=O) groups excluding carboxylic acids is 2. The average Bonchev–Trinajstić information content (AvgIpc) is 1.55. The van der Waals surface area contributed by atoms with Crippen molar-refractivity contribution in [3.63, 3.8) is 0 Å². The quantitative estimate of drug-likeness (QED) is 0.0303. The zero-order valence-corrected chi connectivity index (χ0v) is 84.7.